The molecule has 112 valence electrons. The van der Waals surface area contributed by atoms with Crippen LogP contribution in [0.4, 0.5) is 18.9 Å². The molecule has 6 heteroatoms. The minimum atomic E-state index is -4.69. The molecular formula is C14H18F3NO2. The minimum absolute atomic E-state index is 0.0340. The van der Waals surface area contributed by atoms with E-state index in [4.69, 9.17) is 5.11 Å². The van der Waals surface area contributed by atoms with Crippen LogP contribution in [-0.4, -0.2) is 24.2 Å². The van der Waals surface area contributed by atoms with Crippen molar-refractivity contribution in [2.24, 2.45) is 5.92 Å². The Morgan fingerprint density at radius 1 is 1.25 bits per heavy atom. The summed E-state index contributed by atoms with van der Waals surface area (Å²) < 4.78 is 38.8. The molecule has 1 aromatic carbocycles. The van der Waals surface area contributed by atoms with E-state index in [1.54, 1.807) is 11.9 Å². The molecule has 1 unspecified atom stereocenters. The van der Waals surface area contributed by atoms with Crippen LogP contribution in [0.3, 0.4) is 0 Å². The number of nitrogens with zero attached hydrogens (tertiary/aromatic N) is 1. The number of alkyl halides is 3. The summed E-state index contributed by atoms with van der Waals surface area (Å²) >= 11 is 0. The highest BCUT2D eigenvalue weighted by molar-refractivity contribution is 5.90. The highest BCUT2D eigenvalue weighted by Gasteiger charge is 2.36. The Kier molecular flexibility index (Phi) is 4.68. The van der Waals surface area contributed by atoms with Gasteiger partial charge in [0, 0.05) is 18.8 Å². The molecule has 0 aliphatic heterocycles. The first-order chi connectivity index (χ1) is 9.05. The lowest BCUT2D eigenvalue weighted by atomic mass is 10.0. The maximum Gasteiger partial charge on any atom is 0.417 e. The topological polar surface area (TPSA) is 40.5 Å². The molecular weight excluding hydrogens is 271 g/mol. The molecule has 3 nitrogen and oxygen atoms in total. The standard InChI is InChI=1S/C14H18F3NO2/c1-8(2)9(3)18(4)10-5-6-11(13(19)20)12(7-10)14(15,16)17/h5-9H,1-4H3,(H,19,20). The van der Waals surface area contributed by atoms with E-state index in [-0.39, 0.29) is 12.0 Å². The third-order valence-electron chi connectivity index (χ3n) is 3.52. The number of benzene rings is 1. The van der Waals surface area contributed by atoms with Crippen molar-refractivity contribution in [3.05, 3.63) is 29.3 Å². The fourth-order valence-corrected chi connectivity index (χ4v) is 1.86. The lowest BCUT2D eigenvalue weighted by Crippen LogP contribution is -2.33. The number of carboxylic acids is 1. The molecule has 1 atom stereocenters. The van der Waals surface area contributed by atoms with Crippen LogP contribution in [0.1, 0.15) is 36.7 Å². The van der Waals surface area contributed by atoms with Crippen LogP contribution in [0, 0.1) is 5.92 Å². The van der Waals surface area contributed by atoms with Crippen LogP contribution in [0.5, 0.6) is 0 Å². The molecule has 0 spiro atoms. The Bertz CT molecular complexity index is 498. The number of aromatic carboxylic acids is 1. The third kappa shape index (κ3) is 3.43. The normalized spacial score (nSPS) is 13.4. The minimum Gasteiger partial charge on any atom is -0.478 e. The van der Waals surface area contributed by atoms with Crippen LogP contribution in [0.2, 0.25) is 0 Å². The van der Waals surface area contributed by atoms with Crippen LogP contribution < -0.4 is 4.90 Å². The van der Waals surface area contributed by atoms with Gasteiger partial charge in [0.25, 0.3) is 0 Å². The molecule has 0 radical (unpaired) electrons. The fourth-order valence-electron chi connectivity index (χ4n) is 1.86. The lowest BCUT2D eigenvalue weighted by molar-refractivity contribution is -0.138. The van der Waals surface area contributed by atoms with Crippen molar-refractivity contribution in [2.45, 2.75) is 33.0 Å². The Morgan fingerprint density at radius 2 is 1.80 bits per heavy atom. The van der Waals surface area contributed by atoms with E-state index >= 15 is 0 Å². The van der Waals surface area contributed by atoms with Crippen molar-refractivity contribution in [3.8, 4) is 0 Å². The van der Waals surface area contributed by atoms with Crippen molar-refractivity contribution in [3.63, 3.8) is 0 Å². The largest absolute Gasteiger partial charge is 0.478 e. The second kappa shape index (κ2) is 5.73. The van der Waals surface area contributed by atoms with Gasteiger partial charge in [-0.3, -0.25) is 0 Å². The second-order valence-electron chi connectivity index (χ2n) is 5.13. The van der Waals surface area contributed by atoms with Gasteiger partial charge in [0.05, 0.1) is 11.1 Å². The maximum absolute atomic E-state index is 12.9. The highest BCUT2D eigenvalue weighted by atomic mass is 19.4. The van der Waals surface area contributed by atoms with Crippen molar-refractivity contribution in [2.75, 3.05) is 11.9 Å². The number of hydrogen-bond donors (Lipinski definition) is 1. The molecule has 0 aliphatic rings. The zero-order valence-electron chi connectivity index (χ0n) is 11.8. The Balaban J connectivity index is 3.30. The average molecular weight is 289 g/mol. The number of hydrogen-bond acceptors (Lipinski definition) is 2. The predicted molar refractivity (Wildman–Crippen MR) is 71.1 cm³/mol. The highest BCUT2D eigenvalue weighted by Crippen LogP contribution is 2.35. The van der Waals surface area contributed by atoms with Gasteiger partial charge in [-0.1, -0.05) is 13.8 Å². The monoisotopic (exact) mass is 289 g/mol. The molecule has 0 aliphatic carbocycles. The number of anilines is 1. The zero-order valence-corrected chi connectivity index (χ0v) is 11.8. The summed E-state index contributed by atoms with van der Waals surface area (Å²) in [4.78, 5) is 12.6. The van der Waals surface area contributed by atoms with Gasteiger partial charge in [0.2, 0.25) is 0 Å². The van der Waals surface area contributed by atoms with E-state index < -0.39 is 23.3 Å². The fraction of sp³-hybridized carbons (Fsp3) is 0.500. The number of carbonyl (C=O) groups is 1. The molecule has 0 amide bonds. The maximum atomic E-state index is 12.9. The first kappa shape index (κ1) is 16.3. The summed E-state index contributed by atoms with van der Waals surface area (Å²) in [5, 5.41) is 8.84. The van der Waals surface area contributed by atoms with Gasteiger partial charge >= 0.3 is 12.1 Å². The molecule has 1 aromatic rings. The summed E-state index contributed by atoms with van der Waals surface area (Å²) in [5.41, 5.74) is -1.50. The Labute approximate surface area is 116 Å². The van der Waals surface area contributed by atoms with Gasteiger partial charge in [-0.25, -0.2) is 4.79 Å². The summed E-state index contributed by atoms with van der Waals surface area (Å²) in [6, 6.07) is 3.33. The van der Waals surface area contributed by atoms with Crippen molar-refractivity contribution >= 4 is 11.7 Å². The molecule has 0 bridgehead atoms. The third-order valence-corrected chi connectivity index (χ3v) is 3.52. The summed E-state index contributed by atoms with van der Waals surface area (Å²) in [7, 11) is 1.70. The van der Waals surface area contributed by atoms with Gasteiger partial charge in [-0.05, 0) is 31.0 Å². The van der Waals surface area contributed by atoms with Crippen molar-refractivity contribution in [1.29, 1.82) is 0 Å². The Hall–Kier alpha value is -1.72. The molecule has 0 aromatic heterocycles. The summed E-state index contributed by atoms with van der Waals surface area (Å²) in [6.07, 6.45) is -4.69. The smallest absolute Gasteiger partial charge is 0.417 e. The van der Waals surface area contributed by atoms with E-state index in [9.17, 15) is 18.0 Å². The van der Waals surface area contributed by atoms with E-state index in [1.165, 1.54) is 6.07 Å². The number of carboxylic acid groups (broad SMARTS) is 1. The Morgan fingerprint density at radius 3 is 2.20 bits per heavy atom. The van der Waals surface area contributed by atoms with E-state index in [1.807, 2.05) is 20.8 Å². The first-order valence-electron chi connectivity index (χ1n) is 6.23. The number of rotatable bonds is 4. The van der Waals surface area contributed by atoms with Crippen LogP contribution in [0.15, 0.2) is 18.2 Å². The van der Waals surface area contributed by atoms with E-state index in [0.29, 0.717) is 5.69 Å². The number of halogens is 3. The van der Waals surface area contributed by atoms with Gasteiger partial charge < -0.3 is 10.0 Å². The molecule has 1 N–H and O–H groups in total. The molecule has 1 rings (SSSR count). The first-order valence-corrected chi connectivity index (χ1v) is 6.23. The molecule has 0 heterocycles. The molecule has 0 saturated heterocycles. The van der Waals surface area contributed by atoms with Crippen LogP contribution >= 0.6 is 0 Å². The SMILES string of the molecule is CC(C)C(C)N(C)c1ccc(C(=O)O)c(C(F)(F)F)c1. The molecule has 20 heavy (non-hydrogen) atoms. The quantitative estimate of drug-likeness (QED) is 0.914. The van der Waals surface area contributed by atoms with Gasteiger partial charge in [-0.2, -0.15) is 13.2 Å². The summed E-state index contributed by atoms with van der Waals surface area (Å²) in [5.74, 6) is -1.32. The molecule has 0 fully saturated rings. The van der Waals surface area contributed by atoms with Crippen LogP contribution in [0.25, 0.3) is 0 Å². The van der Waals surface area contributed by atoms with Crippen molar-refractivity contribution < 1.29 is 23.1 Å². The average Bonchev–Trinajstić information content (AvgIpc) is 2.34. The summed E-state index contributed by atoms with van der Waals surface area (Å²) in [6.45, 7) is 5.85. The van der Waals surface area contributed by atoms with Crippen LogP contribution in [-0.2, 0) is 6.18 Å². The lowest BCUT2D eigenvalue weighted by Gasteiger charge is -2.30. The van der Waals surface area contributed by atoms with E-state index in [0.717, 1.165) is 12.1 Å². The van der Waals surface area contributed by atoms with Crippen molar-refractivity contribution in [1.82, 2.24) is 0 Å². The molecule has 0 saturated carbocycles. The second-order valence-corrected chi connectivity index (χ2v) is 5.13. The van der Waals surface area contributed by atoms with Gasteiger partial charge in [-0.15, -0.1) is 0 Å². The van der Waals surface area contributed by atoms with Gasteiger partial charge in [0.1, 0.15) is 0 Å². The zero-order chi connectivity index (χ0) is 15.7. The van der Waals surface area contributed by atoms with E-state index in [2.05, 4.69) is 0 Å². The van der Waals surface area contributed by atoms with Gasteiger partial charge in [0.15, 0.2) is 0 Å². The predicted octanol–water partition coefficient (Wildman–Crippen LogP) is 3.88.